The van der Waals surface area contributed by atoms with Crippen LogP contribution < -0.4 is 20.5 Å². The summed E-state index contributed by atoms with van der Waals surface area (Å²) in [5.74, 6) is 0.507. The predicted molar refractivity (Wildman–Crippen MR) is 124 cm³/mol. The molecular weight excluding hydrogens is 430 g/mol. The highest BCUT2D eigenvalue weighted by atomic mass is 32.1. The highest BCUT2D eigenvalue weighted by Gasteiger charge is 2.18. The number of ether oxygens (including phenoxy) is 2. The maximum Gasteiger partial charge on any atom is 0.282 e. The second-order valence-corrected chi connectivity index (χ2v) is 7.97. The van der Waals surface area contributed by atoms with E-state index in [0.29, 0.717) is 39.2 Å². The van der Waals surface area contributed by atoms with Crippen LogP contribution >= 0.6 is 11.3 Å². The van der Waals surface area contributed by atoms with Gasteiger partial charge in [0.05, 0.1) is 35.7 Å². The minimum absolute atomic E-state index is 0.292. The van der Waals surface area contributed by atoms with Crippen LogP contribution in [0.1, 0.15) is 28.5 Å². The molecule has 2 aromatic carbocycles. The van der Waals surface area contributed by atoms with Gasteiger partial charge in [-0.05, 0) is 38.1 Å². The number of carbonyl (C=O) groups is 1. The molecule has 0 unspecified atom stereocenters. The lowest BCUT2D eigenvalue weighted by Crippen LogP contribution is -2.23. The summed E-state index contributed by atoms with van der Waals surface area (Å²) >= 11 is 1.41. The van der Waals surface area contributed by atoms with Crippen LogP contribution in [0.2, 0.25) is 0 Å². The van der Waals surface area contributed by atoms with Gasteiger partial charge >= 0.3 is 0 Å². The molecule has 0 aliphatic carbocycles. The number of aryl methyl sites for hydroxylation is 1. The predicted octanol–water partition coefficient (Wildman–Crippen LogP) is 3.25. The number of thiazole rings is 1. The maximum absolute atomic E-state index is 13.1. The van der Waals surface area contributed by atoms with Gasteiger partial charge in [-0.2, -0.15) is 9.78 Å². The number of benzene rings is 2. The van der Waals surface area contributed by atoms with Crippen LogP contribution in [0.4, 0.5) is 0 Å². The molecule has 2 heterocycles. The number of hydrogen-bond acceptors (Lipinski definition) is 7. The molecule has 0 aliphatic rings. The molecule has 4 rings (SSSR count). The van der Waals surface area contributed by atoms with Crippen molar-refractivity contribution in [2.75, 3.05) is 14.2 Å². The highest BCUT2D eigenvalue weighted by Crippen LogP contribution is 2.24. The number of aromatic nitrogens is 3. The van der Waals surface area contributed by atoms with Gasteiger partial charge in [-0.25, -0.2) is 10.4 Å². The first-order valence-electron chi connectivity index (χ1n) is 9.67. The number of nitrogens with one attached hydrogen (secondary N) is 2. The van der Waals surface area contributed by atoms with E-state index < -0.39 is 5.91 Å². The minimum atomic E-state index is -0.457. The van der Waals surface area contributed by atoms with Gasteiger partial charge in [0.25, 0.3) is 11.5 Å². The number of rotatable bonds is 6. The van der Waals surface area contributed by atoms with Crippen molar-refractivity contribution in [3.63, 3.8) is 0 Å². The lowest BCUT2D eigenvalue weighted by Gasteiger charge is -2.07. The molecule has 2 aromatic heterocycles. The zero-order valence-electron chi connectivity index (χ0n) is 17.9. The van der Waals surface area contributed by atoms with Crippen molar-refractivity contribution in [1.82, 2.24) is 20.2 Å². The lowest BCUT2D eigenvalue weighted by molar-refractivity contribution is 0.0954. The van der Waals surface area contributed by atoms with Gasteiger partial charge < -0.3 is 9.47 Å². The van der Waals surface area contributed by atoms with Crippen molar-refractivity contribution in [1.29, 1.82) is 0 Å². The molecule has 0 fully saturated rings. The first-order chi connectivity index (χ1) is 15.4. The summed E-state index contributed by atoms with van der Waals surface area (Å²) in [5, 5.41) is 7.72. The van der Waals surface area contributed by atoms with E-state index in [9.17, 15) is 9.59 Å². The summed E-state index contributed by atoms with van der Waals surface area (Å²) in [5.41, 5.74) is 4.68. The number of amides is 1. The van der Waals surface area contributed by atoms with E-state index in [1.165, 1.54) is 30.2 Å². The average Bonchev–Trinajstić information content (AvgIpc) is 3.36. The van der Waals surface area contributed by atoms with Crippen molar-refractivity contribution in [2.45, 2.75) is 13.8 Å². The van der Waals surface area contributed by atoms with Crippen LogP contribution in [0.15, 0.2) is 52.4 Å². The summed E-state index contributed by atoms with van der Waals surface area (Å²) in [6.45, 7) is 3.43. The van der Waals surface area contributed by atoms with E-state index in [1.807, 2.05) is 24.3 Å². The van der Waals surface area contributed by atoms with Gasteiger partial charge in [0.15, 0.2) is 0 Å². The number of fused-ring (bicyclic) bond motifs is 1. The van der Waals surface area contributed by atoms with Crippen LogP contribution in [-0.2, 0) is 0 Å². The number of hydrazone groups is 1. The molecule has 9 nitrogen and oxygen atoms in total. The third-order valence-electron chi connectivity index (χ3n) is 4.85. The molecule has 0 bridgehead atoms. The fourth-order valence-corrected chi connectivity index (χ4v) is 4.18. The molecule has 0 saturated heterocycles. The summed E-state index contributed by atoms with van der Waals surface area (Å²) in [6.07, 6.45) is 0. The Balaban J connectivity index is 1.61. The van der Waals surface area contributed by atoms with Crippen LogP contribution in [0.25, 0.3) is 15.3 Å². The Bertz CT molecular complexity index is 1340. The largest absolute Gasteiger partial charge is 0.497 e. The Morgan fingerprint density at radius 3 is 2.50 bits per heavy atom. The molecule has 0 spiro atoms. The van der Waals surface area contributed by atoms with Crippen molar-refractivity contribution in [3.8, 4) is 16.6 Å². The molecule has 1 amide bonds. The van der Waals surface area contributed by atoms with Gasteiger partial charge in [-0.15, -0.1) is 0 Å². The van der Waals surface area contributed by atoms with Crippen LogP contribution in [0.3, 0.4) is 0 Å². The normalized spacial score (nSPS) is 11.6. The summed E-state index contributed by atoms with van der Waals surface area (Å²) in [6, 6.07) is 12.5. The molecule has 0 atom stereocenters. The first kappa shape index (κ1) is 21.3. The van der Waals surface area contributed by atoms with E-state index in [2.05, 4.69) is 20.6 Å². The number of H-pyrrole nitrogens is 1. The highest BCUT2D eigenvalue weighted by molar-refractivity contribution is 7.20. The van der Waals surface area contributed by atoms with E-state index >= 15 is 0 Å². The Morgan fingerprint density at radius 2 is 1.84 bits per heavy atom. The SMILES string of the molecule is COc1cc(OC)cc(C(=O)N/N=C(\C)c2c(C)[nH]n(-c3nc4ccccc4s3)c2=O)c1. The van der Waals surface area contributed by atoms with E-state index in [0.717, 1.165) is 10.2 Å². The zero-order valence-corrected chi connectivity index (χ0v) is 18.7. The third kappa shape index (κ3) is 4.00. The third-order valence-corrected chi connectivity index (χ3v) is 5.87. The molecular formula is C22H21N5O4S. The number of para-hydroxylation sites is 1. The van der Waals surface area contributed by atoms with Crippen molar-refractivity contribution >= 4 is 33.2 Å². The fraction of sp³-hybridized carbons (Fsp3) is 0.182. The van der Waals surface area contributed by atoms with Gasteiger partial charge in [-0.1, -0.05) is 23.5 Å². The molecule has 32 heavy (non-hydrogen) atoms. The Kier molecular flexibility index (Phi) is 5.78. The van der Waals surface area contributed by atoms with Gasteiger partial charge in [0, 0.05) is 17.3 Å². The van der Waals surface area contributed by atoms with E-state index in [1.54, 1.807) is 32.0 Å². The number of hydrogen-bond donors (Lipinski definition) is 2. The molecule has 10 heteroatoms. The molecule has 0 radical (unpaired) electrons. The monoisotopic (exact) mass is 451 g/mol. The van der Waals surface area contributed by atoms with Crippen LogP contribution in [-0.4, -0.2) is 40.6 Å². The van der Waals surface area contributed by atoms with Crippen molar-refractivity contribution < 1.29 is 14.3 Å². The minimum Gasteiger partial charge on any atom is -0.497 e. The van der Waals surface area contributed by atoms with E-state index in [-0.39, 0.29) is 5.56 Å². The molecule has 0 saturated carbocycles. The topological polar surface area (TPSA) is 111 Å². The lowest BCUT2D eigenvalue weighted by atomic mass is 10.2. The fourth-order valence-electron chi connectivity index (χ4n) is 3.26. The maximum atomic E-state index is 13.1. The summed E-state index contributed by atoms with van der Waals surface area (Å²) in [7, 11) is 3.01. The second-order valence-electron chi connectivity index (χ2n) is 6.96. The smallest absolute Gasteiger partial charge is 0.282 e. The molecule has 0 aliphatic heterocycles. The summed E-state index contributed by atoms with van der Waals surface area (Å²) < 4.78 is 12.8. The van der Waals surface area contributed by atoms with Crippen LogP contribution in [0.5, 0.6) is 11.5 Å². The van der Waals surface area contributed by atoms with Crippen molar-refractivity contribution in [3.05, 3.63) is 69.6 Å². The Labute approximate surface area is 187 Å². The molecule has 2 N–H and O–H groups in total. The van der Waals surface area contributed by atoms with Gasteiger partial charge in [0.1, 0.15) is 11.5 Å². The average molecular weight is 452 g/mol. The van der Waals surface area contributed by atoms with E-state index in [4.69, 9.17) is 9.47 Å². The Hall–Kier alpha value is -3.92. The second kappa shape index (κ2) is 8.67. The van der Waals surface area contributed by atoms with Gasteiger partial charge in [-0.3, -0.25) is 14.7 Å². The van der Waals surface area contributed by atoms with Crippen molar-refractivity contribution in [2.24, 2.45) is 5.10 Å². The van der Waals surface area contributed by atoms with Gasteiger partial charge in [0.2, 0.25) is 5.13 Å². The van der Waals surface area contributed by atoms with Crippen LogP contribution in [0, 0.1) is 6.92 Å². The summed E-state index contributed by atoms with van der Waals surface area (Å²) in [4.78, 5) is 30.2. The standard InChI is InChI=1S/C22H21N5O4S/c1-12(24-25-20(28)14-9-15(30-3)11-16(10-14)31-4)19-13(2)26-27(21(19)29)22-23-17-7-5-6-8-18(17)32-22/h5-11,26H,1-4H3,(H,25,28)/b24-12+. The molecule has 4 aromatic rings. The quantitative estimate of drug-likeness (QED) is 0.345. The number of aromatic amines is 1. The zero-order chi connectivity index (χ0) is 22.8. The Morgan fingerprint density at radius 1 is 1.16 bits per heavy atom. The number of methoxy groups -OCH3 is 2. The molecule has 164 valence electrons. The number of carbonyl (C=O) groups excluding carboxylic acids is 1. The first-order valence-corrected chi connectivity index (χ1v) is 10.5. The number of nitrogens with zero attached hydrogens (tertiary/aromatic N) is 3.